The number of piperazine rings is 1. The molecule has 2 aliphatic rings. The molecule has 1 atom stereocenters. The van der Waals surface area contributed by atoms with Crippen LogP contribution in [0.3, 0.4) is 0 Å². The predicted octanol–water partition coefficient (Wildman–Crippen LogP) is 0.927. The molecule has 2 aliphatic heterocycles. The van der Waals surface area contributed by atoms with Crippen LogP contribution in [0.4, 0.5) is 4.79 Å². The lowest BCUT2D eigenvalue weighted by molar-refractivity contribution is 0.138. The van der Waals surface area contributed by atoms with E-state index >= 15 is 0 Å². The smallest absolute Gasteiger partial charge is 0.315 e. The molecule has 0 radical (unpaired) electrons. The topological polar surface area (TPSA) is 56.8 Å². The summed E-state index contributed by atoms with van der Waals surface area (Å²) < 4.78 is 5.70. The van der Waals surface area contributed by atoms with Gasteiger partial charge in [0.2, 0.25) is 0 Å². The minimum atomic E-state index is -0.102. The van der Waals surface area contributed by atoms with Crippen LogP contribution < -0.4 is 15.4 Å². The van der Waals surface area contributed by atoms with E-state index in [-0.39, 0.29) is 12.1 Å². The van der Waals surface area contributed by atoms with Crippen LogP contribution in [0, 0.1) is 0 Å². The summed E-state index contributed by atoms with van der Waals surface area (Å²) in [6, 6.07) is 7.94. The van der Waals surface area contributed by atoms with Gasteiger partial charge in [-0.1, -0.05) is 25.1 Å². The van der Waals surface area contributed by atoms with E-state index in [4.69, 9.17) is 4.74 Å². The molecule has 6 nitrogen and oxygen atoms in total. The van der Waals surface area contributed by atoms with E-state index < -0.39 is 0 Å². The highest BCUT2D eigenvalue weighted by atomic mass is 16.5. The fourth-order valence-corrected chi connectivity index (χ4v) is 3.31. The molecular weight excluding hydrogens is 304 g/mol. The molecule has 1 saturated heterocycles. The first-order chi connectivity index (χ1) is 11.7. The number of benzene rings is 1. The van der Waals surface area contributed by atoms with Crippen LogP contribution in [0.15, 0.2) is 24.3 Å². The van der Waals surface area contributed by atoms with Crippen molar-refractivity contribution in [1.82, 2.24) is 20.4 Å². The van der Waals surface area contributed by atoms with Crippen LogP contribution in [-0.2, 0) is 6.42 Å². The van der Waals surface area contributed by atoms with Crippen molar-refractivity contribution in [2.45, 2.75) is 19.4 Å². The van der Waals surface area contributed by atoms with Gasteiger partial charge in [0.05, 0.1) is 6.04 Å². The van der Waals surface area contributed by atoms with Crippen molar-refractivity contribution >= 4 is 6.03 Å². The molecule has 2 N–H and O–H groups in total. The molecule has 1 aromatic rings. The van der Waals surface area contributed by atoms with E-state index in [0.29, 0.717) is 13.2 Å². The van der Waals surface area contributed by atoms with Crippen molar-refractivity contribution in [3.63, 3.8) is 0 Å². The van der Waals surface area contributed by atoms with Crippen molar-refractivity contribution in [1.29, 1.82) is 0 Å². The Morgan fingerprint density at radius 1 is 1.21 bits per heavy atom. The Morgan fingerprint density at radius 3 is 2.75 bits per heavy atom. The van der Waals surface area contributed by atoms with Crippen LogP contribution in [-0.4, -0.2) is 74.3 Å². The Labute approximate surface area is 144 Å². The number of para-hydroxylation sites is 1. The second-order valence-corrected chi connectivity index (χ2v) is 6.50. The second-order valence-electron chi connectivity index (χ2n) is 6.50. The van der Waals surface area contributed by atoms with Crippen LogP contribution in [0.1, 0.15) is 12.5 Å². The Balaban J connectivity index is 1.33. The molecule has 2 amide bonds. The van der Waals surface area contributed by atoms with Gasteiger partial charge in [0.1, 0.15) is 12.4 Å². The summed E-state index contributed by atoms with van der Waals surface area (Å²) in [5.74, 6) is 0.933. The van der Waals surface area contributed by atoms with Crippen molar-refractivity contribution in [3.8, 4) is 5.75 Å². The number of carbonyl (C=O) groups excluding carboxylic acids is 1. The maximum absolute atomic E-state index is 12.1. The number of carbonyl (C=O) groups is 1. The average Bonchev–Trinajstić information content (AvgIpc) is 2.62. The minimum absolute atomic E-state index is 0.0352. The largest absolute Gasteiger partial charge is 0.491 e. The molecule has 6 heteroatoms. The molecule has 0 aromatic heterocycles. The highest BCUT2D eigenvalue weighted by Crippen LogP contribution is 2.23. The van der Waals surface area contributed by atoms with Gasteiger partial charge in [-0.05, 0) is 24.6 Å². The Morgan fingerprint density at radius 2 is 1.96 bits per heavy atom. The summed E-state index contributed by atoms with van der Waals surface area (Å²) in [4.78, 5) is 16.9. The lowest BCUT2D eigenvalue weighted by Crippen LogP contribution is -2.50. The number of nitrogens with zero attached hydrogens (tertiary/aromatic N) is 2. The molecule has 0 saturated carbocycles. The predicted molar refractivity (Wildman–Crippen MR) is 94.5 cm³/mol. The zero-order valence-corrected chi connectivity index (χ0v) is 14.5. The highest BCUT2D eigenvalue weighted by molar-refractivity contribution is 5.74. The molecule has 1 aromatic carbocycles. The molecule has 132 valence electrons. The van der Waals surface area contributed by atoms with E-state index in [0.717, 1.165) is 57.0 Å². The van der Waals surface area contributed by atoms with E-state index in [1.807, 2.05) is 18.2 Å². The molecule has 1 fully saturated rings. The summed E-state index contributed by atoms with van der Waals surface area (Å²) in [6.45, 7) is 9.88. The summed E-state index contributed by atoms with van der Waals surface area (Å²) in [7, 11) is 0. The minimum Gasteiger partial charge on any atom is -0.491 e. The molecule has 0 aliphatic carbocycles. The molecule has 0 unspecified atom stereocenters. The third-order valence-corrected chi connectivity index (χ3v) is 4.84. The number of fused-ring (bicyclic) bond motifs is 1. The van der Waals surface area contributed by atoms with Gasteiger partial charge in [-0.25, -0.2) is 4.79 Å². The molecule has 24 heavy (non-hydrogen) atoms. The summed E-state index contributed by atoms with van der Waals surface area (Å²) in [5.41, 5.74) is 1.16. The Hall–Kier alpha value is -1.79. The third kappa shape index (κ3) is 4.61. The van der Waals surface area contributed by atoms with Gasteiger partial charge in [0.25, 0.3) is 0 Å². The number of likely N-dealkylation sites (N-methyl/N-ethyl adjacent to an activating group) is 1. The first kappa shape index (κ1) is 17.0. The summed E-state index contributed by atoms with van der Waals surface area (Å²) in [6.07, 6.45) is 0.822. The van der Waals surface area contributed by atoms with Gasteiger partial charge in [-0.2, -0.15) is 0 Å². The monoisotopic (exact) mass is 332 g/mol. The van der Waals surface area contributed by atoms with Gasteiger partial charge < -0.3 is 20.3 Å². The first-order valence-corrected chi connectivity index (χ1v) is 8.94. The molecular formula is C18H28N4O2. The normalized spacial score (nSPS) is 21.6. The number of hydrogen-bond acceptors (Lipinski definition) is 4. The zero-order chi connectivity index (χ0) is 16.8. The quantitative estimate of drug-likeness (QED) is 0.842. The number of rotatable bonds is 5. The van der Waals surface area contributed by atoms with Gasteiger partial charge in [-0.3, -0.25) is 4.90 Å². The van der Waals surface area contributed by atoms with E-state index in [2.05, 4.69) is 33.4 Å². The van der Waals surface area contributed by atoms with Gasteiger partial charge in [-0.15, -0.1) is 0 Å². The number of nitrogens with one attached hydrogen (secondary N) is 2. The number of hydrogen-bond donors (Lipinski definition) is 2. The zero-order valence-electron chi connectivity index (χ0n) is 14.5. The third-order valence-electron chi connectivity index (χ3n) is 4.84. The average molecular weight is 332 g/mol. The first-order valence-electron chi connectivity index (χ1n) is 8.94. The summed E-state index contributed by atoms with van der Waals surface area (Å²) in [5, 5.41) is 5.98. The summed E-state index contributed by atoms with van der Waals surface area (Å²) >= 11 is 0. The Kier molecular flexibility index (Phi) is 5.93. The van der Waals surface area contributed by atoms with Crippen LogP contribution in [0.2, 0.25) is 0 Å². The lowest BCUT2D eigenvalue weighted by atomic mass is 10.0. The SMILES string of the molecule is CCN1CCN(CCNC(=O)N[C@H]2COc3ccccc3C2)CC1. The standard InChI is InChI=1S/C18H28N4O2/c1-2-21-9-11-22(12-10-21)8-7-19-18(23)20-16-13-15-5-3-4-6-17(15)24-14-16/h3-6,16H,2,7-14H2,1H3,(H2,19,20,23)/t16-/m1/s1. The maximum Gasteiger partial charge on any atom is 0.315 e. The number of urea groups is 1. The highest BCUT2D eigenvalue weighted by Gasteiger charge is 2.21. The number of ether oxygens (including phenoxy) is 1. The molecule has 0 spiro atoms. The Bertz CT molecular complexity index is 544. The molecule has 0 bridgehead atoms. The fraction of sp³-hybridized carbons (Fsp3) is 0.611. The van der Waals surface area contributed by atoms with Crippen molar-refractivity contribution < 1.29 is 9.53 Å². The van der Waals surface area contributed by atoms with Crippen molar-refractivity contribution in [2.24, 2.45) is 0 Å². The van der Waals surface area contributed by atoms with Crippen molar-refractivity contribution in [2.75, 3.05) is 52.4 Å². The molecule has 3 rings (SSSR count). The molecule has 2 heterocycles. The maximum atomic E-state index is 12.1. The van der Waals surface area contributed by atoms with Crippen LogP contribution in [0.25, 0.3) is 0 Å². The van der Waals surface area contributed by atoms with Gasteiger partial charge in [0.15, 0.2) is 0 Å². The van der Waals surface area contributed by atoms with E-state index in [9.17, 15) is 4.79 Å². The van der Waals surface area contributed by atoms with Crippen LogP contribution >= 0.6 is 0 Å². The second kappa shape index (κ2) is 8.35. The van der Waals surface area contributed by atoms with Gasteiger partial charge >= 0.3 is 6.03 Å². The van der Waals surface area contributed by atoms with E-state index in [1.165, 1.54) is 0 Å². The van der Waals surface area contributed by atoms with E-state index in [1.54, 1.807) is 0 Å². The van der Waals surface area contributed by atoms with Gasteiger partial charge in [0, 0.05) is 39.3 Å². The lowest BCUT2D eigenvalue weighted by Gasteiger charge is -2.34. The van der Waals surface area contributed by atoms with Crippen molar-refractivity contribution in [3.05, 3.63) is 29.8 Å². The number of amides is 2. The fourth-order valence-electron chi connectivity index (χ4n) is 3.31. The van der Waals surface area contributed by atoms with Crippen LogP contribution in [0.5, 0.6) is 5.75 Å².